The van der Waals surface area contributed by atoms with Crippen molar-refractivity contribution in [1.82, 2.24) is 10.2 Å². The van der Waals surface area contributed by atoms with Crippen molar-refractivity contribution in [2.24, 2.45) is 17.8 Å². The van der Waals surface area contributed by atoms with Crippen molar-refractivity contribution in [2.45, 2.75) is 38.5 Å². The third-order valence-corrected chi connectivity index (χ3v) is 4.30. The molecule has 0 spiro atoms. The first-order valence-electron chi connectivity index (χ1n) is 7.40. The second kappa shape index (κ2) is 6.15. The molecule has 1 aliphatic heterocycles. The van der Waals surface area contributed by atoms with Gasteiger partial charge in [0.1, 0.15) is 0 Å². The molecule has 2 amide bonds. The molecule has 0 aromatic carbocycles. The van der Waals surface area contributed by atoms with Gasteiger partial charge in [0.15, 0.2) is 0 Å². The molecule has 1 saturated heterocycles. The lowest BCUT2D eigenvalue weighted by atomic mass is 9.79. The van der Waals surface area contributed by atoms with Crippen LogP contribution in [0.4, 0.5) is 13.6 Å². The van der Waals surface area contributed by atoms with Crippen LogP contribution in [0.5, 0.6) is 0 Å². The molecular formula is C14H22F2N2O3. The average Bonchev–Trinajstić information content (AvgIpc) is 2.35. The number of carbonyl (C=O) groups excluding carboxylic acids is 1. The van der Waals surface area contributed by atoms with Gasteiger partial charge in [-0.3, -0.25) is 4.79 Å². The van der Waals surface area contributed by atoms with Crippen molar-refractivity contribution in [3.8, 4) is 0 Å². The number of nitrogens with one attached hydrogen (secondary N) is 1. The van der Waals surface area contributed by atoms with Crippen molar-refractivity contribution < 1.29 is 23.5 Å². The van der Waals surface area contributed by atoms with E-state index in [1.165, 1.54) is 4.90 Å². The molecule has 0 aromatic heterocycles. The van der Waals surface area contributed by atoms with E-state index in [1.54, 1.807) is 0 Å². The predicted molar refractivity (Wildman–Crippen MR) is 72.2 cm³/mol. The zero-order chi connectivity index (χ0) is 15.6. The van der Waals surface area contributed by atoms with E-state index >= 15 is 0 Å². The molecule has 5 nitrogen and oxygen atoms in total. The molecule has 2 aliphatic rings. The molecule has 2 rings (SSSR count). The summed E-state index contributed by atoms with van der Waals surface area (Å²) >= 11 is 0. The molecule has 1 aliphatic carbocycles. The Kier molecular flexibility index (Phi) is 4.68. The highest BCUT2D eigenvalue weighted by Crippen LogP contribution is 2.43. The Labute approximate surface area is 122 Å². The molecule has 1 saturated carbocycles. The zero-order valence-corrected chi connectivity index (χ0v) is 12.1. The Morgan fingerprint density at radius 3 is 2.57 bits per heavy atom. The fraction of sp³-hybridized carbons (Fsp3) is 0.857. The van der Waals surface area contributed by atoms with Crippen LogP contribution >= 0.6 is 0 Å². The van der Waals surface area contributed by atoms with Gasteiger partial charge in [-0.05, 0) is 24.7 Å². The first-order chi connectivity index (χ1) is 9.77. The third kappa shape index (κ3) is 4.28. The number of hydrogen-bond donors (Lipinski definition) is 2. The maximum Gasteiger partial charge on any atom is 0.317 e. The van der Waals surface area contributed by atoms with Crippen LogP contribution in [0.2, 0.25) is 0 Å². The SMILES string of the molecule is CC1CC(C(=O)O)CN(C(=O)NCCC2CC(F)(F)C2)C1. The number of carboxylic acid groups (broad SMARTS) is 1. The number of halogens is 2. The Balaban J connectivity index is 1.71. The summed E-state index contributed by atoms with van der Waals surface area (Å²) in [6.45, 7) is 3.04. The number of urea groups is 1. The zero-order valence-electron chi connectivity index (χ0n) is 12.1. The molecule has 2 atom stereocenters. The van der Waals surface area contributed by atoms with E-state index in [-0.39, 0.29) is 37.3 Å². The van der Waals surface area contributed by atoms with E-state index in [0.29, 0.717) is 25.9 Å². The topological polar surface area (TPSA) is 69.6 Å². The largest absolute Gasteiger partial charge is 0.481 e. The number of aliphatic carboxylic acids is 1. The van der Waals surface area contributed by atoms with Crippen molar-refractivity contribution in [2.75, 3.05) is 19.6 Å². The van der Waals surface area contributed by atoms with E-state index < -0.39 is 17.8 Å². The molecular weight excluding hydrogens is 282 g/mol. The Hall–Kier alpha value is -1.40. The average molecular weight is 304 g/mol. The van der Waals surface area contributed by atoms with E-state index in [2.05, 4.69) is 5.32 Å². The highest BCUT2D eigenvalue weighted by molar-refractivity contribution is 5.76. The number of alkyl halides is 2. The lowest BCUT2D eigenvalue weighted by molar-refractivity contribution is -0.143. The maximum absolute atomic E-state index is 12.7. The highest BCUT2D eigenvalue weighted by Gasteiger charge is 2.44. The molecule has 2 N–H and O–H groups in total. The standard InChI is InChI=1S/C14H22F2N2O3/c1-9-4-11(12(19)20)8-18(7-9)13(21)17-3-2-10-5-14(15,16)6-10/h9-11H,2-8H2,1H3,(H,17,21)(H,19,20). The highest BCUT2D eigenvalue weighted by atomic mass is 19.3. The van der Waals surface area contributed by atoms with E-state index in [9.17, 15) is 18.4 Å². The van der Waals surface area contributed by atoms with Gasteiger partial charge >= 0.3 is 12.0 Å². The van der Waals surface area contributed by atoms with Crippen LogP contribution in [0.25, 0.3) is 0 Å². The van der Waals surface area contributed by atoms with Gasteiger partial charge in [-0.2, -0.15) is 0 Å². The predicted octanol–water partition coefficient (Wildman–Crippen LogP) is 2.17. The van der Waals surface area contributed by atoms with Gasteiger partial charge in [0, 0.05) is 32.5 Å². The van der Waals surface area contributed by atoms with Gasteiger partial charge in [0.05, 0.1) is 5.92 Å². The minimum absolute atomic E-state index is 0.0210. The number of piperidine rings is 1. The van der Waals surface area contributed by atoms with Crippen molar-refractivity contribution in [3.05, 3.63) is 0 Å². The van der Waals surface area contributed by atoms with Crippen molar-refractivity contribution in [3.63, 3.8) is 0 Å². The van der Waals surface area contributed by atoms with Crippen LogP contribution in [0.15, 0.2) is 0 Å². The lowest BCUT2D eigenvalue weighted by Crippen LogP contribution is -2.50. The first kappa shape index (κ1) is 16.0. The molecule has 0 aromatic rings. The van der Waals surface area contributed by atoms with Gasteiger partial charge in [0.25, 0.3) is 0 Å². The number of carboxylic acids is 1. The minimum Gasteiger partial charge on any atom is -0.481 e. The number of likely N-dealkylation sites (tertiary alicyclic amines) is 1. The minimum atomic E-state index is -2.52. The molecule has 2 fully saturated rings. The Morgan fingerprint density at radius 2 is 2.00 bits per heavy atom. The van der Waals surface area contributed by atoms with Gasteiger partial charge in [0.2, 0.25) is 5.92 Å². The number of amides is 2. The van der Waals surface area contributed by atoms with Crippen LogP contribution in [0.3, 0.4) is 0 Å². The molecule has 0 radical (unpaired) electrons. The van der Waals surface area contributed by atoms with Gasteiger partial charge in [-0.1, -0.05) is 6.92 Å². The molecule has 120 valence electrons. The Bertz CT molecular complexity index is 409. The summed E-state index contributed by atoms with van der Waals surface area (Å²) in [4.78, 5) is 24.6. The summed E-state index contributed by atoms with van der Waals surface area (Å²) in [6.07, 6.45) is 0.943. The van der Waals surface area contributed by atoms with Crippen molar-refractivity contribution >= 4 is 12.0 Å². The number of hydrogen-bond acceptors (Lipinski definition) is 2. The fourth-order valence-corrected chi connectivity index (χ4v) is 3.18. The molecule has 7 heteroatoms. The molecule has 2 unspecified atom stereocenters. The molecule has 0 bridgehead atoms. The number of carbonyl (C=O) groups is 2. The number of rotatable bonds is 4. The van der Waals surface area contributed by atoms with E-state index in [1.807, 2.05) is 6.92 Å². The quantitative estimate of drug-likeness (QED) is 0.836. The summed E-state index contributed by atoms with van der Waals surface area (Å²) in [6, 6.07) is -0.293. The fourth-order valence-electron chi connectivity index (χ4n) is 3.18. The smallest absolute Gasteiger partial charge is 0.317 e. The van der Waals surface area contributed by atoms with E-state index in [0.717, 1.165) is 0 Å². The maximum atomic E-state index is 12.7. The van der Waals surface area contributed by atoms with Crippen LogP contribution in [-0.4, -0.2) is 47.6 Å². The second-order valence-electron chi connectivity index (χ2n) is 6.43. The van der Waals surface area contributed by atoms with Crippen molar-refractivity contribution in [1.29, 1.82) is 0 Å². The van der Waals surface area contributed by atoms with Gasteiger partial charge in [-0.25, -0.2) is 13.6 Å². The summed E-state index contributed by atoms with van der Waals surface area (Å²) in [5.74, 6) is -3.80. The third-order valence-electron chi connectivity index (χ3n) is 4.30. The first-order valence-corrected chi connectivity index (χ1v) is 7.40. The van der Waals surface area contributed by atoms with Crippen LogP contribution in [0.1, 0.15) is 32.6 Å². The van der Waals surface area contributed by atoms with Crippen LogP contribution in [0, 0.1) is 17.8 Å². The summed E-state index contributed by atoms with van der Waals surface area (Å²) in [5.41, 5.74) is 0. The summed E-state index contributed by atoms with van der Waals surface area (Å²) < 4.78 is 25.4. The van der Waals surface area contributed by atoms with Gasteiger partial charge < -0.3 is 15.3 Å². The Morgan fingerprint density at radius 1 is 1.33 bits per heavy atom. The van der Waals surface area contributed by atoms with Gasteiger partial charge in [-0.15, -0.1) is 0 Å². The lowest BCUT2D eigenvalue weighted by Gasteiger charge is -2.36. The van der Waals surface area contributed by atoms with Crippen LogP contribution < -0.4 is 5.32 Å². The second-order valence-corrected chi connectivity index (χ2v) is 6.43. The summed E-state index contributed by atoms with van der Waals surface area (Å²) in [7, 11) is 0. The van der Waals surface area contributed by atoms with E-state index in [4.69, 9.17) is 5.11 Å². The number of nitrogens with zero attached hydrogens (tertiary/aromatic N) is 1. The molecule has 1 heterocycles. The normalized spacial score (nSPS) is 28.8. The van der Waals surface area contributed by atoms with Crippen LogP contribution in [-0.2, 0) is 4.79 Å². The molecule has 21 heavy (non-hydrogen) atoms. The summed E-state index contributed by atoms with van der Waals surface area (Å²) in [5, 5.41) is 11.8. The monoisotopic (exact) mass is 304 g/mol.